The number of aliphatic carboxylic acids is 1. The first kappa shape index (κ1) is 16.9. The van der Waals surface area contributed by atoms with Crippen LogP contribution in [0.25, 0.3) is 0 Å². The SMILES string of the molecule is CCCCCCCCCCCC(Br)CC(=O)O. The Balaban J connectivity index is 3.10. The Morgan fingerprint density at radius 2 is 1.47 bits per heavy atom. The van der Waals surface area contributed by atoms with Gasteiger partial charge in [0.2, 0.25) is 0 Å². The van der Waals surface area contributed by atoms with E-state index < -0.39 is 5.97 Å². The van der Waals surface area contributed by atoms with E-state index in [1.54, 1.807) is 0 Å². The molecule has 0 aromatic carbocycles. The lowest BCUT2D eigenvalue weighted by Crippen LogP contribution is -2.06. The van der Waals surface area contributed by atoms with Crippen molar-refractivity contribution in [2.24, 2.45) is 0 Å². The van der Waals surface area contributed by atoms with E-state index in [0.29, 0.717) is 0 Å². The molecule has 0 amide bonds. The van der Waals surface area contributed by atoms with E-state index in [1.165, 1.54) is 51.4 Å². The molecule has 102 valence electrons. The van der Waals surface area contributed by atoms with Crippen molar-refractivity contribution in [3.05, 3.63) is 0 Å². The molecular weight excluding hydrogens is 280 g/mol. The minimum Gasteiger partial charge on any atom is -0.481 e. The largest absolute Gasteiger partial charge is 0.481 e. The Morgan fingerprint density at radius 3 is 1.94 bits per heavy atom. The van der Waals surface area contributed by atoms with Crippen molar-refractivity contribution in [2.75, 3.05) is 0 Å². The van der Waals surface area contributed by atoms with E-state index in [-0.39, 0.29) is 11.2 Å². The Labute approximate surface area is 114 Å². The number of carboxylic acid groups (broad SMARTS) is 1. The van der Waals surface area contributed by atoms with Crippen molar-refractivity contribution in [1.29, 1.82) is 0 Å². The fraction of sp³-hybridized carbons (Fsp3) is 0.929. The topological polar surface area (TPSA) is 37.3 Å². The number of alkyl halides is 1. The summed E-state index contributed by atoms with van der Waals surface area (Å²) in [5, 5.41) is 8.60. The number of unbranched alkanes of at least 4 members (excludes halogenated alkanes) is 8. The van der Waals surface area contributed by atoms with Crippen molar-refractivity contribution < 1.29 is 9.90 Å². The van der Waals surface area contributed by atoms with Crippen LogP contribution in [0.3, 0.4) is 0 Å². The maximum atomic E-state index is 10.4. The lowest BCUT2D eigenvalue weighted by atomic mass is 10.1. The van der Waals surface area contributed by atoms with Gasteiger partial charge in [0.25, 0.3) is 0 Å². The van der Waals surface area contributed by atoms with Gasteiger partial charge in [-0.25, -0.2) is 0 Å². The summed E-state index contributed by atoms with van der Waals surface area (Å²) in [5.74, 6) is -0.706. The molecule has 0 aliphatic heterocycles. The van der Waals surface area contributed by atoms with Gasteiger partial charge in [-0.15, -0.1) is 0 Å². The first-order chi connectivity index (χ1) is 8.16. The van der Waals surface area contributed by atoms with E-state index in [0.717, 1.165) is 12.8 Å². The number of halogens is 1. The molecular formula is C14H27BrO2. The minimum atomic E-state index is -0.706. The van der Waals surface area contributed by atoms with Crippen molar-refractivity contribution in [3.8, 4) is 0 Å². The maximum absolute atomic E-state index is 10.4. The van der Waals surface area contributed by atoms with E-state index in [4.69, 9.17) is 5.11 Å². The van der Waals surface area contributed by atoms with Gasteiger partial charge in [-0.2, -0.15) is 0 Å². The molecule has 0 spiro atoms. The Kier molecular flexibility index (Phi) is 12.4. The van der Waals surface area contributed by atoms with Crippen molar-refractivity contribution in [1.82, 2.24) is 0 Å². The van der Waals surface area contributed by atoms with Crippen LogP contribution in [0.15, 0.2) is 0 Å². The first-order valence-corrected chi connectivity index (χ1v) is 7.94. The molecule has 0 aromatic heterocycles. The normalized spacial score (nSPS) is 12.6. The molecule has 0 fully saturated rings. The summed E-state index contributed by atoms with van der Waals surface area (Å²) >= 11 is 3.41. The van der Waals surface area contributed by atoms with Crippen LogP contribution >= 0.6 is 15.9 Å². The summed E-state index contributed by atoms with van der Waals surface area (Å²) in [6.45, 7) is 2.24. The highest BCUT2D eigenvalue weighted by atomic mass is 79.9. The summed E-state index contributed by atoms with van der Waals surface area (Å²) in [6.07, 6.45) is 13.1. The van der Waals surface area contributed by atoms with Crippen LogP contribution < -0.4 is 0 Å². The molecule has 0 rings (SSSR count). The van der Waals surface area contributed by atoms with Crippen molar-refractivity contribution >= 4 is 21.9 Å². The zero-order chi connectivity index (χ0) is 12.9. The van der Waals surface area contributed by atoms with E-state index in [1.807, 2.05) is 0 Å². The Hall–Kier alpha value is -0.0500. The molecule has 17 heavy (non-hydrogen) atoms. The fourth-order valence-corrected chi connectivity index (χ4v) is 2.57. The lowest BCUT2D eigenvalue weighted by molar-refractivity contribution is -0.136. The summed E-state index contributed by atoms with van der Waals surface area (Å²) < 4.78 is 0. The van der Waals surface area contributed by atoms with Gasteiger partial charge in [-0.3, -0.25) is 4.79 Å². The van der Waals surface area contributed by atoms with Gasteiger partial charge in [0.15, 0.2) is 0 Å². The summed E-state index contributed by atoms with van der Waals surface area (Å²) in [7, 11) is 0. The average Bonchev–Trinajstić information content (AvgIpc) is 2.26. The number of hydrogen-bond donors (Lipinski definition) is 1. The lowest BCUT2D eigenvalue weighted by Gasteiger charge is -2.06. The first-order valence-electron chi connectivity index (χ1n) is 7.02. The second-order valence-corrected chi connectivity index (χ2v) is 6.11. The van der Waals surface area contributed by atoms with Gasteiger partial charge >= 0.3 is 5.97 Å². The van der Waals surface area contributed by atoms with E-state index in [2.05, 4.69) is 22.9 Å². The Bertz CT molecular complexity index is 183. The van der Waals surface area contributed by atoms with Gasteiger partial charge in [0, 0.05) is 4.83 Å². The molecule has 0 bridgehead atoms. The van der Waals surface area contributed by atoms with Crippen molar-refractivity contribution in [3.63, 3.8) is 0 Å². The van der Waals surface area contributed by atoms with Crippen LogP contribution in [-0.4, -0.2) is 15.9 Å². The van der Waals surface area contributed by atoms with Crippen LogP contribution in [0, 0.1) is 0 Å². The molecule has 1 atom stereocenters. The molecule has 1 N–H and O–H groups in total. The zero-order valence-electron chi connectivity index (χ0n) is 11.1. The Morgan fingerprint density at radius 1 is 1.00 bits per heavy atom. The van der Waals surface area contributed by atoms with Gasteiger partial charge in [0.05, 0.1) is 6.42 Å². The molecule has 0 saturated heterocycles. The number of hydrogen-bond acceptors (Lipinski definition) is 1. The van der Waals surface area contributed by atoms with Gasteiger partial charge in [-0.1, -0.05) is 80.6 Å². The molecule has 3 heteroatoms. The van der Waals surface area contributed by atoms with Crippen LogP contribution in [0.1, 0.15) is 77.6 Å². The van der Waals surface area contributed by atoms with E-state index in [9.17, 15) is 4.79 Å². The predicted octanol–water partition coefficient (Wildman–Crippen LogP) is 5.15. The van der Waals surface area contributed by atoms with Gasteiger partial charge in [-0.05, 0) is 6.42 Å². The van der Waals surface area contributed by atoms with Gasteiger partial charge < -0.3 is 5.11 Å². The van der Waals surface area contributed by atoms with Crippen LogP contribution in [0.2, 0.25) is 0 Å². The molecule has 2 nitrogen and oxygen atoms in total. The quantitative estimate of drug-likeness (QED) is 0.400. The third kappa shape index (κ3) is 13.9. The molecule has 0 aliphatic carbocycles. The third-order valence-electron chi connectivity index (χ3n) is 3.02. The summed E-state index contributed by atoms with van der Waals surface area (Å²) in [6, 6.07) is 0. The summed E-state index contributed by atoms with van der Waals surface area (Å²) in [4.78, 5) is 10.6. The van der Waals surface area contributed by atoms with E-state index >= 15 is 0 Å². The van der Waals surface area contributed by atoms with Crippen LogP contribution in [-0.2, 0) is 4.79 Å². The number of carboxylic acids is 1. The number of rotatable bonds is 12. The zero-order valence-corrected chi connectivity index (χ0v) is 12.7. The molecule has 0 radical (unpaired) electrons. The van der Waals surface area contributed by atoms with Crippen LogP contribution in [0.4, 0.5) is 0 Å². The fourth-order valence-electron chi connectivity index (χ4n) is 1.97. The molecule has 0 aromatic rings. The maximum Gasteiger partial charge on any atom is 0.304 e. The average molecular weight is 307 g/mol. The van der Waals surface area contributed by atoms with Crippen LogP contribution in [0.5, 0.6) is 0 Å². The second-order valence-electron chi connectivity index (χ2n) is 4.81. The standard InChI is InChI=1S/C14H27BrO2/c1-2-3-4-5-6-7-8-9-10-11-13(15)12-14(16)17/h13H,2-12H2,1H3,(H,16,17). The monoisotopic (exact) mass is 306 g/mol. The molecule has 0 aliphatic rings. The number of carbonyl (C=O) groups is 1. The summed E-state index contributed by atoms with van der Waals surface area (Å²) in [5.41, 5.74) is 0. The smallest absolute Gasteiger partial charge is 0.304 e. The minimum absolute atomic E-state index is 0.157. The molecule has 1 unspecified atom stereocenters. The van der Waals surface area contributed by atoms with Gasteiger partial charge in [0.1, 0.15) is 0 Å². The highest BCUT2D eigenvalue weighted by Gasteiger charge is 2.08. The third-order valence-corrected chi connectivity index (χ3v) is 3.80. The molecule has 0 heterocycles. The predicted molar refractivity (Wildman–Crippen MR) is 76.8 cm³/mol. The van der Waals surface area contributed by atoms with Crippen molar-refractivity contribution in [2.45, 2.75) is 82.4 Å². The molecule has 0 saturated carbocycles. The second kappa shape index (κ2) is 12.4. The highest BCUT2D eigenvalue weighted by Crippen LogP contribution is 2.16. The highest BCUT2D eigenvalue weighted by molar-refractivity contribution is 9.09.